The second kappa shape index (κ2) is 5.44. The lowest BCUT2D eigenvalue weighted by Gasteiger charge is -2.40. The molecule has 0 saturated carbocycles. The summed E-state index contributed by atoms with van der Waals surface area (Å²) in [5.41, 5.74) is 0.483. The van der Waals surface area contributed by atoms with Crippen molar-refractivity contribution in [3.05, 3.63) is 23.5 Å². The summed E-state index contributed by atoms with van der Waals surface area (Å²) >= 11 is 0. The van der Waals surface area contributed by atoms with Gasteiger partial charge in [-0.05, 0) is 19.1 Å². The van der Waals surface area contributed by atoms with Crippen LogP contribution in [-0.2, 0) is 23.7 Å². The summed E-state index contributed by atoms with van der Waals surface area (Å²) < 4.78 is 21.3. The van der Waals surface area contributed by atoms with Crippen LogP contribution >= 0.6 is 0 Å². The molecular weight excluding hydrogens is 224 g/mol. The van der Waals surface area contributed by atoms with Gasteiger partial charge in [0.1, 0.15) is 6.10 Å². The van der Waals surface area contributed by atoms with Crippen molar-refractivity contribution in [1.82, 2.24) is 0 Å². The Morgan fingerprint density at radius 3 is 2.12 bits per heavy atom. The van der Waals surface area contributed by atoms with Crippen molar-refractivity contribution < 1.29 is 23.7 Å². The van der Waals surface area contributed by atoms with E-state index in [4.69, 9.17) is 18.9 Å². The third-order valence-corrected chi connectivity index (χ3v) is 2.85. The zero-order chi connectivity index (χ0) is 13.1. The zero-order valence-electron chi connectivity index (χ0n) is 10.8. The van der Waals surface area contributed by atoms with Crippen molar-refractivity contribution in [2.45, 2.75) is 18.8 Å². The van der Waals surface area contributed by atoms with Gasteiger partial charge in [-0.25, -0.2) is 0 Å². The number of methoxy groups -OCH3 is 4. The Balaban J connectivity index is 3.31. The normalized spacial score (nSPS) is 22.8. The maximum Gasteiger partial charge on any atom is 0.258 e. The lowest BCUT2D eigenvalue weighted by atomic mass is 9.91. The van der Waals surface area contributed by atoms with Gasteiger partial charge in [0.2, 0.25) is 0 Å². The molecule has 1 unspecified atom stereocenters. The molecule has 5 heteroatoms. The van der Waals surface area contributed by atoms with E-state index in [-0.39, 0.29) is 5.78 Å². The van der Waals surface area contributed by atoms with Crippen LogP contribution in [0.5, 0.6) is 0 Å². The van der Waals surface area contributed by atoms with Gasteiger partial charge in [-0.2, -0.15) is 0 Å². The van der Waals surface area contributed by atoms with Gasteiger partial charge in [0.05, 0.1) is 7.11 Å². The molecular formula is C12H18O5. The van der Waals surface area contributed by atoms with Crippen LogP contribution in [0, 0.1) is 0 Å². The first-order valence-corrected chi connectivity index (χ1v) is 5.17. The van der Waals surface area contributed by atoms with Crippen LogP contribution in [0.15, 0.2) is 23.5 Å². The van der Waals surface area contributed by atoms with Crippen molar-refractivity contribution in [2.24, 2.45) is 0 Å². The van der Waals surface area contributed by atoms with E-state index in [0.29, 0.717) is 11.3 Å². The lowest BCUT2D eigenvalue weighted by molar-refractivity contribution is -0.248. The number of carbonyl (C=O) groups is 1. The number of hydrogen-bond donors (Lipinski definition) is 0. The molecule has 1 aliphatic rings. The highest BCUT2D eigenvalue weighted by molar-refractivity contribution is 5.95. The maximum absolute atomic E-state index is 11.6. The van der Waals surface area contributed by atoms with Crippen LogP contribution in [0.3, 0.4) is 0 Å². The molecule has 0 saturated heterocycles. The minimum Gasteiger partial charge on any atom is -0.495 e. The van der Waals surface area contributed by atoms with Gasteiger partial charge in [-0.3, -0.25) is 4.79 Å². The van der Waals surface area contributed by atoms with Crippen LogP contribution in [0.4, 0.5) is 0 Å². The monoisotopic (exact) mass is 242 g/mol. The Labute approximate surface area is 101 Å². The van der Waals surface area contributed by atoms with E-state index >= 15 is 0 Å². The highest BCUT2D eigenvalue weighted by Gasteiger charge is 2.49. The summed E-state index contributed by atoms with van der Waals surface area (Å²) in [5, 5.41) is 0. The molecule has 0 aliphatic heterocycles. The Morgan fingerprint density at radius 2 is 1.76 bits per heavy atom. The number of ketones is 1. The van der Waals surface area contributed by atoms with E-state index < -0.39 is 11.9 Å². The molecule has 5 nitrogen and oxygen atoms in total. The Kier molecular flexibility index (Phi) is 4.45. The molecule has 0 fully saturated rings. The predicted molar refractivity (Wildman–Crippen MR) is 61.4 cm³/mol. The number of ether oxygens (including phenoxy) is 4. The van der Waals surface area contributed by atoms with Crippen molar-refractivity contribution in [2.75, 3.05) is 28.4 Å². The van der Waals surface area contributed by atoms with E-state index in [0.717, 1.165) is 0 Å². The summed E-state index contributed by atoms with van der Waals surface area (Å²) in [5.74, 6) is -0.861. The van der Waals surface area contributed by atoms with Crippen molar-refractivity contribution in [3.63, 3.8) is 0 Å². The van der Waals surface area contributed by atoms with Gasteiger partial charge in [0.25, 0.3) is 5.79 Å². The summed E-state index contributed by atoms with van der Waals surface area (Å²) in [4.78, 5) is 11.6. The standard InChI is InChI=1S/C12H18O5/c1-8(13)9-6-7-10(14-2)12(16-4,17-5)11(9)15-3/h6-7,11H,1-5H3. The molecule has 0 heterocycles. The fraction of sp³-hybridized carbons (Fsp3) is 0.583. The van der Waals surface area contributed by atoms with E-state index in [1.807, 2.05) is 0 Å². The van der Waals surface area contributed by atoms with Crippen LogP contribution < -0.4 is 0 Å². The summed E-state index contributed by atoms with van der Waals surface area (Å²) in [6, 6.07) is 0. The number of Topliss-reactive ketones (excluding diaryl/α,β-unsaturated/α-hetero) is 1. The second-order valence-electron chi connectivity index (χ2n) is 3.60. The average molecular weight is 242 g/mol. The molecule has 17 heavy (non-hydrogen) atoms. The highest BCUT2D eigenvalue weighted by atomic mass is 16.7. The van der Waals surface area contributed by atoms with E-state index in [1.54, 1.807) is 12.2 Å². The van der Waals surface area contributed by atoms with Crippen molar-refractivity contribution in [3.8, 4) is 0 Å². The molecule has 0 N–H and O–H groups in total. The number of carbonyl (C=O) groups excluding carboxylic acids is 1. The third-order valence-electron chi connectivity index (χ3n) is 2.85. The molecule has 1 aliphatic carbocycles. The molecule has 1 rings (SSSR count). The van der Waals surface area contributed by atoms with Crippen LogP contribution in [0.1, 0.15) is 6.92 Å². The Bertz CT molecular complexity index is 352. The highest BCUT2D eigenvalue weighted by Crippen LogP contribution is 2.36. The number of hydrogen-bond acceptors (Lipinski definition) is 5. The SMILES string of the molecule is COC1=CC=C(C(C)=O)C(OC)C1(OC)OC. The quantitative estimate of drug-likeness (QED) is 0.674. The smallest absolute Gasteiger partial charge is 0.258 e. The average Bonchev–Trinajstić information content (AvgIpc) is 2.36. The Hall–Kier alpha value is -1.17. The van der Waals surface area contributed by atoms with Crippen molar-refractivity contribution >= 4 is 5.78 Å². The lowest BCUT2D eigenvalue weighted by Crippen LogP contribution is -2.52. The van der Waals surface area contributed by atoms with Crippen LogP contribution in [0.25, 0.3) is 0 Å². The molecule has 0 radical (unpaired) electrons. The van der Waals surface area contributed by atoms with Gasteiger partial charge < -0.3 is 18.9 Å². The molecule has 0 aromatic heterocycles. The van der Waals surface area contributed by atoms with Crippen LogP contribution in [0.2, 0.25) is 0 Å². The summed E-state index contributed by atoms with van der Waals surface area (Å²) in [7, 11) is 5.96. The zero-order valence-corrected chi connectivity index (χ0v) is 10.8. The largest absolute Gasteiger partial charge is 0.495 e. The van der Waals surface area contributed by atoms with Crippen LogP contribution in [-0.4, -0.2) is 46.1 Å². The predicted octanol–water partition coefficient (Wildman–Crippen LogP) is 1.05. The fourth-order valence-corrected chi connectivity index (χ4v) is 2.00. The minimum atomic E-state index is -1.22. The Morgan fingerprint density at radius 1 is 1.18 bits per heavy atom. The second-order valence-corrected chi connectivity index (χ2v) is 3.60. The first-order valence-electron chi connectivity index (χ1n) is 5.17. The first kappa shape index (κ1) is 13.9. The number of allylic oxidation sites excluding steroid dienone is 2. The molecule has 0 bridgehead atoms. The maximum atomic E-state index is 11.6. The molecule has 0 aromatic carbocycles. The molecule has 0 amide bonds. The summed E-state index contributed by atoms with van der Waals surface area (Å²) in [6.07, 6.45) is 2.65. The minimum absolute atomic E-state index is 0.0956. The van der Waals surface area contributed by atoms with E-state index in [2.05, 4.69) is 0 Å². The molecule has 0 aromatic rings. The van der Waals surface area contributed by atoms with Gasteiger partial charge >= 0.3 is 0 Å². The molecule has 1 atom stereocenters. The first-order chi connectivity index (χ1) is 8.07. The van der Waals surface area contributed by atoms with Gasteiger partial charge in [-0.1, -0.05) is 0 Å². The van der Waals surface area contributed by atoms with Gasteiger partial charge in [0, 0.05) is 26.9 Å². The van der Waals surface area contributed by atoms with Gasteiger partial charge in [0.15, 0.2) is 11.5 Å². The third kappa shape index (κ3) is 2.13. The summed E-state index contributed by atoms with van der Waals surface area (Å²) in [6.45, 7) is 1.47. The fourth-order valence-electron chi connectivity index (χ4n) is 2.00. The van der Waals surface area contributed by atoms with Crippen molar-refractivity contribution in [1.29, 1.82) is 0 Å². The number of rotatable bonds is 5. The molecule has 0 spiro atoms. The van der Waals surface area contributed by atoms with Gasteiger partial charge in [-0.15, -0.1) is 0 Å². The topological polar surface area (TPSA) is 54.0 Å². The van der Waals surface area contributed by atoms with E-state index in [1.165, 1.54) is 35.4 Å². The molecule has 96 valence electrons. The van der Waals surface area contributed by atoms with E-state index in [9.17, 15) is 4.79 Å².